The first-order valence-corrected chi connectivity index (χ1v) is 6.82. The highest BCUT2D eigenvalue weighted by atomic mass is 16.4. The minimum absolute atomic E-state index is 0.187. The Bertz CT molecular complexity index is 668. The van der Waals surface area contributed by atoms with E-state index in [0.29, 0.717) is 23.9 Å². The van der Waals surface area contributed by atoms with Gasteiger partial charge in [-0.25, -0.2) is 4.79 Å². The highest BCUT2D eigenvalue weighted by Gasteiger charge is 2.15. The molecule has 1 aromatic carbocycles. The van der Waals surface area contributed by atoms with E-state index in [-0.39, 0.29) is 5.91 Å². The molecule has 1 aromatic heterocycles. The predicted octanol–water partition coefficient (Wildman–Crippen LogP) is 0.485. The number of oxazole rings is 1. The zero-order valence-corrected chi connectivity index (χ0v) is 11.1. The number of aryl methyl sites for hydroxylation is 1. The largest absolute Gasteiger partial charge is 0.417 e. The van der Waals surface area contributed by atoms with E-state index in [1.54, 1.807) is 6.07 Å². The van der Waals surface area contributed by atoms with Crippen LogP contribution in [0.25, 0.3) is 11.1 Å². The van der Waals surface area contributed by atoms with Crippen molar-refractivity contribution in [1.29, 1.82) is 0 Å². The molecule has 1 saturated heterocycles. The van der Waals surface area contributed by atoms with E-state index in [9.17, 15) is 9.59 Å². The molecule has 1 aliphatic heterocycles. The maximum absolute atomic E-state index is 12.1. The highest BCUT2D eigenvalue weighted by Crippen LogP contribution is 2.14. The summed E-state index contributed by atoms with van der Waals surface area (Å²) in [5, 5.41) is 3.23. The van der Waals surface area contributed by atoms with Crippen LogP contribution in [0.2, 0.25) is 0 Å². The molecule has 0 saturated carbocycles. The predicted molar refractivity (Wildman–Crippen MR) is 74.6 cm³/mol. The molecule has 2 aromatic rings. The molecule has 0 aliphatic carbocycles. The number of benzene rings is 1. The molecule has 1 fully saturated rings. The number of amides is 1. The third-order valence-electron chi connectivity index (χ3n) is 3.58. The summed E-state index contributed by atoms with van der Waals surface area (Å²) in [6, 6.07) is 5.52. The van der Waals surface area contributed by atoms with Crippen LogP contribution in [0.1, 0.15) is 12.0 Å². The average molecular weight is 275 g/mol. The number of aromatic nitrogens is 1. The van der Waals surface area contributed by atoms with Gasteiger partial charge in [0.25, 0.3) is 0 Å². The first kappa shape index (κ1) is 12.9. The van der Waals surface area contributed by atoms with Crippen molar-refractivity contribution in [3.8, 4) is 0 Å². The number of carbonyl (C=O) groups is 1. The standard InChI is InChI=1S/C14H17N3O3/c18-13(17-7-5-15-6-8-17)4-2-10-1-3-12-11(9-10)16-14(19)20-12/h1,3,9,15H,2,4-8H2,(H,16,19). The van der Waals surface area contributed by atoms with Gasteiger partial charge in [0.1, 0.15) is 0 Å². The van der Waals surface area contributed by atoms with Gasteiger partial charge in [0, 0.05) is 32.6 Å². The summed E-state index contributed by atoms with van der Waals surface area (Å²) >= 11 is 0. The number of carbonyl (C=O) groups excluding carboxylic acids is 1. The van der Waals surface area contributed by atoms with Gasteiger partial charge in [-0.2, -0.15) is 0 Å². The molecular weight excluding hydrogens is 258 g/mol. The molecule has 6 heteroatoms. The Hall–Kier alpha value is -2.08. The maximum Gasteiger partial charge on any atom is 0.417 e. The third kappa shape index (κ3) is 2.75. The van der Waals surface area contributed by atoms with Gasteiger partial charge in [0.05, 0.1) is 5.52 Å². The molecule has 0 radical (unpaired) electrons. The number of fused-ring (bicyclic) bond motifs is 1. The van der Waals surface area contributed by atoms with Crippen molar-refractivity contribution in [2.45, 2.75) is 12.8 Å². The van der Waals surface area contributed by atoms with Crippen molar-refractivity contribution in [3.63, 3.8) is 0 Å². The number of nitrogens with one attached hydrogen (secondary N) is 2. The number of aromatic amines is 1. The van der Waals surface area contributed by atoms with Gasteiger partial charge >= 0.3 is 5.76 Å². The minimum atomic E-state index is -0.450. The van der Waals surface area contributed by atoms with Gasteiger partial charge in [-0.3, -0.25) is 9.78 Å². The Kier molecular flexibility index (Phi) is 3.56. The summed E-state index contributed by atoms with van der Waals surface area (Å²) in [6.45, 7) is 3.31. The summed E-state index contributed by atoms with van der Waals surface area (Å²) in [5.41, 5.74) is 2.26. The zero-order chi connectivity index (χ0) is 13.9. The molecule has 0 bridgehead atoms. The minimum Gasteiger partial charge on any atom is -0.408 e. The van der Waals surface area contributed by atoms with Crippen LogP contribution in [0.3, 0.4) is 0 Å². The van der Waals surface area contributed by atoms with Gasteiger partial charge < -0.3 is 14.6 Å². The fraction of sp³-hybridized carbons (Fsp3) is 0.429. The van der Waals surface area contributed by atoms with Crippen LogP contribution >= 0.6 is 0 Å². The summed E-state index contributed by atoms with van der Waals surface area (Å²) in [5.74, 6) is -0.263. The van der Waals surface area contributed by atoms with Crippen LogP contribution in [0.4, 0.5) is 0 Å². The Morgan fingerprint density at radius 2 is 2.10 bits per heavy atom. The van der Waals surface area contributed by atoms with E-state index in [4.69, 9.17) is 4.42 Å². The molecule has 0 unspecified atom stereocenters. The Morgan fingerprint density at radius 1 is 1.30 bits per heavy atom. The van der Waals surface area contributed by atoms with E-state index < -0.39 is 5.76 Å². The molecule has 3 rings (SSSR count). The molecular formula is C14H17N3O3. The van der Waals surface area contributed by atoms with Crippen LogP contribution in [0.5, 0.6) is 0 Å². The lowest BCUT2D eigenvalue weighted by atomic mass is 10.1. The van der Waals surface area contributed by atoms with Crippen LogP contribution in [-0.2, 0) is 11.2 Å². The normalized spacial score (nSPS) is 15.7. The van der Waals surface area contributed by atoms with Crippen molar-refractivity contribution < 1.29 is 9.21 Å². The average Bonchev–Trinajstić information content (AvgIpc) is 2.85. The highest BCUT2D eigenvalue weighted by molar-refractivity contribution is 5.77. The van der Waals surface area contributed by atoms with Crippen molar-refractivity contribution in [3.05, 3.63) is 34.3 Å². The van der Waals surface area contributed by atoms with Crippen LogP contribution in [0.15, 0.2) is 27.4 Å². The van der Waals surface area contributed by atoms with E-state index in [1.807, 2.05) is 17.0 Å². The Balaban J connectivity index is 1.64. The monoisotopic (exact) mass is 275 g/mol. The van der Waals surface area contributed by atoms with E-state index in [1.165, 1.54) is 0 Å². The SMILES string of the molecule is O=C(CCc1ccc2oc(=O)[nH]c2c1)N1CCNCC1. The molecule has 106 valence electrons. The van der Waals surface area contributed by atoms with E-state index >= 15 is 0 Å². The van der Waals surface area contributed by atoms with Crippen molar-refractivity contribution in [2.24, 2.45) is 0 Å². The second-order valence-electron chi connectivity index (χ2n) is 4.98. The molecule has 2 heterocycles. The molecule has 2 N–H and O–H groups in total. The molecule has 0 atom stereocenters. The quantitative estimate of drug-likeness (QED) is 0.854. The number of hydrogen-bond donors (Lipinski definition) is 2. The smallest absolute Gasteiger partial charge is 0.408 e. The number of rotatable bonds is 3. The van der Waals surface area contributed by atoms with E-state index in [0.717, 1.165) is 31.7 Å². The zero-order valence-electron chi connectivity index (χ0n) is 11.1. The topological polar surface area (TPSA) is 78.3 Å². The van der Waals surface area contributed by atoms with Gasteiger partial charge in [-0.05, 0) is 24.1 Å². The van der Waals surface area contributed by atoms with Crippen LogP contribution in [0, 0.1) is 0 Å². The summed E-state index contributed by atoms with van der Waals surface area (Å²) in [7, 11) is 0. The van der Waals surface area contributed by atoms with Crippen LogP contribution < -0.4 is 11.1 Å². The number of nitrogens with zero attached hydrogens (tertiary/aromatic N) is 1. The van der Waals surface area contributed by atoms with Gasteiger partial charge in [0.2, 0.25) is 5.91 Å². The van der Waals surface area contributed by atoms with Crippen molar-refractivity contribution >= 4 is 17.0 Å². The fourth-order valence-electron chi connectivity index (χ4n) is 2.48. The summed E-state index contributed by atoms with van der Waals surface area (Å²) in [4.78, 5) is 27.7. The molecule has 20 heavy (non-hydrogen) atoms. The van der Waals surface area contributed by atoms with E-state index in [2.05, 4.69) is 10.3 Å². The van der Waals surface area contributed by atoms with Gasteiger partial charge in [-0.1, -0.05) is 6.07 Å². The number of hydrogen-bond acceptors (Lipinski definition) is 4. The second-order valence-corrected chi connectivity index (χ2v) is 4.98. The van der Waals surface area contributed by atoms with Gasteiger partial charge in [-0.15, -0.1) is 0 Å². The molecule has 1 aliphatic rings. The Morgan fingerprint density at radius 3 is 2.90 bits per heavy atom. The summed E-state index contributed by atoms with van der Waals surface area (Å²) < 4.78 is 4.95. The van der Waals surface area contributed by atoms with Crippen LogP contribution in [-0.4, -0.2) is 42.0 Å². The number of H-pyrrole nitrogens is 1. The molecule has 6 nitrogen and oxygen atoms in total. The first-order valence-electron chi connectivity index (χ1n) is 6.82. The van der Waals surface area contributed by atoms with Gasteiger partial charge in [0.15, 0.2) is 5.58 Å². The summed E-state index contributed by atoms with van der Waals surface area (Å²) in [6.07, 6.45) is 1.17. The first-order chi connectivity index (χ1) is 9.72. The lowest BCUT2D eigenvalue weighted by Crippen LogP contribution is -2.46. The second kappa shape index (κ2) is 5.50. The lowest BCUT2D eigenvalue weighted by Gasteiger charge is -2.27. The Labute approximate surface area is 115 Å². The molecule has 0 spiro atoms. The van der Waals surface area contributed by atoms with Crippen molar-refractivity contribution in [1.82, 2.24) is 15.2 Å². The maximum atomic E-state index is 12.1. The third-order valence-corrected chi connectivity index (χ3v) is 3.58. The lowest BCUT2D eigenvalue weighted by molar-refractivity contribution is -0.131. The van der Waals surface area contributed by atoms with Crippen molar-refractivity contribution in [2.75, 3.05) is 26.2 Å². The fourth-order valence-corrected chi connectivity index (χ4v) is 2.48. The molecule has 1 amide bonds. The number of piperazine rings is 1.